The number of amides is 2. The van der Waals surface area contributed by atoms with Gasteiger partial charge in [-0.15, -0.1) is 0 Å². The molecule has 2 heterocycles. The Morgan fingerprint density at radius 1 is 1.12 bits per heavy atom. The van der Waals surface area contributed by atoms with Crippen LogP contribution in [0.1, 0.15) is 19.3 Å². The largest absolute Gasteiger partial charge is 0.471 e. The molecular weight excluding hydrogens is 347 g/mol. The van der Waals surface area contributed by atoms with E-state index in [0.29, 0.717) is 17.9 Å². The van der Waals surface area contributed by atoms with Crippen molar-refractivity contribution >= 4 is 17.5 Å². The van der Waals surface area contributed by atoms with E-state index < -0.39 is 24.0 Å². The summed E-state index contributed by atoms with van der Waals surface area (Å²) in [6.45, 7) is 2.06. The third-order valence-corrected chi connectivity index (χ3v) is 5.03. The van der Waals surface area contributed by atoms with Crippen molar-refractivity contribution in [3.8, 4) is 0 Å². The highest BCUT2D eigenvalue weighted by Crippen LogP contribution is 2.26. The summed E-state index contributed by atoms with van der Waals surface area (Å²) in [5, 5.41) is 2.75. The van der Waals surface area contributed by atoms with Crippen molar-refractivity contribution in [2.75, 3.05) is 31.1 Å². The zero-order valence-electron chi connectivity index (χ0n) is 14.3. The second-order valence-electron chi connectivity index (χ2n) is 6.84. The predicted molar refractivity (Wildman–Crippen MR) is 90.6 cm³/mol. The van der Waals surface area contributed by atoms with Crippen LogP contribution in [0.3, 0.4) is 0 Å². The van der Waals surface area contributed by atoms with E-state index in [1.165, 1.54) is 0 Å². The van der Waals surface area contributed by atoms with Gasteiger partial charge in [0.15, 0.2) is 0 Å². The van der Waals surface area contributed by atoms with Gasteiger partial charge < -0.3 is 15.1 Å². The SMILES string of the molecule is O=C(NCC1CCN(c2ccccc2)C1)C1CCCN1C(=O)C(F)(F)F. The van der Waals surface area contributed by atoms with Crippen molar-refractivity contribution in [3.05, 3.63) is 30.3 Å². The number of para-hydroxylation sites is 1. The molecule has 2 unspecified atom stereocenters. The number of hydrogen-bond donors (Lipinski definition) is 1. The number of anilines is 1. The van der Waals surface area contributed by atoms with Gasteiger partial charge in [0.25, 0.3) is 0 Å². The molecule has 0 radical (unpaired) electrons. The van der Waals surface area contributed by atoms with Crippen LogP contribution in [0.2, 0.25) is 0 Å². The average Bonchev–Trinajstić information content (AvgIpc) is 3.28. The van der Waals surface area contributed by atoms with Gasteiger partial charge in [-0.3, -0.25) is 9.59 Å². The van der Waals surface area contributed by atoms with Crippen LogP contribution in [0.5, 0.6) is 0 Å². The Morgan fingerprint density at radius 2 is 1.85 bits per heavy atom. The van der Waals surface area contributed by atoms with E-state index in [2.05, 4.69) is 10.2 Å². The summed E-state index contributed by atoms with van der Waals surface area (Å²) in [5.74, 6) is -2.17. The lowest BCUT2D eigenvalue weighted by Crippen LogP contribution is -2.50. The Hall–Kier alpha value is -2.25. The highest BCUT2D eigenvalue weighted by Gasteiger charge is 2.47. The van der Waals surface area contributed by atoms with Gasteiger partial charge >= 0.3 is 12.1 Å². The van der Waals surface area contributed by atoms with Crippen LogP contribution in [0.15, 0.2) is 30.3 Å². The molecule has 0 bridgehead atoms. The molecule has 2 fully saturated rings. The molecule has 5 nitrogen and oxygen atoms in total. The summed E-state index contributed by atoms with van der Waals surface area (Å²) >= 11 is 0. The molecule has 8 heteroatoms. The molecule has 2 aliphatic heterocycles. The van der Waals surface area contributed by atoms with E-state index in [1.54, 1.807) is 0 Å². The number of nitrogens with zero attached hydrogens (tertiary/aromatic N) is 2. The molecule has 26 heavy (non-hydrogen) atoms. The van der Waals surface area contributed by atoms with Crippen LogP contribution in [0, 0.1) is 5.92 Å². The van der Waals surface area contributed by atoms with Gasteiger partial charge in [0.05, 0.1) is 0 Å². The van der Waals surface area contributed by atoms with Crippen molar-refractivity contribution < 1.29 is 22.8 Å². The fourth-order valence-corrected chi connectivity index (χ4v) is 3.68. The number of carbonyl (C=O) groups excluding carboxylic acids is 2. The summed E-state index contributed by atoms with van der Waals surface area (Å²) in [5.41, 5.74) is 1.12. The Labute approximate surface area is 150 Å². The molecular formula is C18H22F3N3O2. The molecule has 2 amide bonds. The number of likely N-dealkylation sites (tertiary alicyclic amines) is 1. The molecule has 0 saturated carbocycles. The first-order valence-corrected chi connectivity index (χ1v) is 8.82. The Bertz CT molecular complexity index is 651. The predicted octanol–water partition coefficient (Wildman–Crippen LogP) is 2.18. The van der Waals surface area contributed by atoms with Crippen LogP contribution in [-0.2, 0) is 9.59 Å². The van der Waals surface area contributed by atoms with Crippen LogP contribution in [-0.4, -0.2) is 55.1 Å². The number of halogens is 3. The van der Waals surface area contributed by atoms with E-state index in [-0.39, 0.29) is 18.9 Å². The maximum atomic E-state index is 12.6. The Morgan fingerprint density at radius 3 is 2.54 bits per heavy atom. The van der Waals surface area contributed by atoms with Gasteiger partial charge in [0.2, 0.25) is 5.91 Å². The summed E-state index contributed by atoms with van der Waals surface area (Å²) in [6.07, 6.45) is -3.35. The lowest BCUT2D eigenvalue weighted by molar-refractivity contribution is -0.186. The van der Waals surface area contributed by atoms with Crippen LogP contribution < -0.4 is 10.2 Å². The van der Waals surface area contributed by atoms with Gasteiger partial charge in [-0.05, 0) is 37.3 Å². The lowest BCUT2D eigenvalue weighted by Gasteiger charge is -2.25. The minimum absolute atomic E-state index is 0.0261. The van der Waals surface area contributed by atoms with Gasteiger partial charge in [-0.25, -0.2) is 0 Å². The van der Waals surface area contributed by atoms with Crippen molar-refractivity contribution in [2.24, 2.45) is 5.92 Å². The average molecular weight is 369 g/mol. The highest BCUT2D eigenvalue weighted by atomic mass is 19.4. The number of alkyl halides is 3. The molecule has 2 atom stereocenters. The first-order chi connectivity index (χ1) is 12.4. The second kappa shape index (κ2) is 7.55. The summed E-state index contributed by atoms with van der Waals surface area (Å²) in [6, 6.07) is 8.93. The minimum Gasteiger partial charge on any atom is -0.371 e. The van der Waals surface area contributed by atoms with Gasteiger partial charge in [-0.2, -0.15) is 13.2 Å². The molecule has 0 aromatic heterocycles. The number of benzene rings is 1. The summed E-state index contributed by atoms with van der Waals surface area (Å²) in [7, 11) is 0. The Balaban J connectivity index is 1.50. The highest BCUT2D eigenvalue weighted by molar-refractivity contribution is 5.90. The zero-order valence-corrected chi connectivity index (χ0v) is 14.3. The molecule has 0 aliphatic carbocycles. The molecule has 2 aliphatic rings. The third-order valence-electron chi connectivity index (χ3n) is 5.03. The van der Waals surface area contributed by atoms with Crippen molar-refractivity contribution in [2.45, 2.75) is 31.5 Å². The third kappa shape index (κ3) is 4.11. The lowest BCUT2D eigenvalue weighted by atomic mass is 10.1. The molecule has 1 aromatic carbocycles. The molecule has 1 N–H and O–H groups in total. The molecule has 2 saturated heterocycles. The zero-order chi connectivity index (χ0) is 18.7. The van der Waals surface area contributed by atoms with E-state index in [0.717, 1.165) is 25.2 Å². The molecule has 3 rings (SSSR count). The number of rotatable bonds is 4. The normalized spacial score (nSPS) is 23.3. The molecule has 142 valence electrons. The van der Waals surface area contributed by atoms with Crippen LogP contribution >= 0.6 is 0 Å². The van der Waals surface area contributed by atoms with Crippen LogP contribution in [0.25, 0.3) is 0 Å². The van der Waals surface area contributed by atoms with Crippen molar-refractivity contribution in [1.29, 1.82) is 0 Å². The topological polar surface area (TPSA) is 52.7 Å². The fraction of sp³-hybridized carbons (Fsp3) is 0.556. The van der Waals surface area contributed by atoms with Gasteiger partial charge in [0, 0.05) is 31.9 Å². The van der Waals surface area contributed by atoms with Gasteiger partial charge in [-0.1, -0.05) is 18.2 Å². The molecule has 1 aromatic rings. The fourth-order valence-electron chi connectivity index (χ4n) is 3.68. The second-order valence-corrected chi connectivity index (χ2v) is 6.84. The minimum atomic E-state index is -4.94. The first kappa shape index (κ1) is 18.5. The summed E-state index contributed by atoms with van der Waals surface area (Å²) < 4.78 is 37.9. The first-order valence-electron chi connectivity index (χ1n) is 8.82. The van der Waals surface area contributed by atoms with E-state index >= 15 is 0 Å². The Kier molecular flexibility index (Phi) is 5.38. The monoisotopic (exact) mass is 369 g/mol. The van der Waals surface area contributed by atoms with Crippen LogP contribution in [0.4, 0.5) is 18.9 Å². The number of hydrogen-bond acceptors (Lipinski definition) is 3. The number of nitrogens with one attached hydrogen (secondary N) is 1. The standard InChI is InChI=1S/C18H22F3N3O2/c19-18(20,21)17(26)24-9-4-7-15(24)16(25)22-11-13-8-10-23(12-13)14-5-2-1-3-6-14/h1-3,5-6,13,15H,4,7-12H2,(H,22,25). The molecule has 0 spiro atoms. The maximum absolute atomic E-state index is 12.6. The smallest absolute Gasteiger partial charge is 0.371 e. The maximum Gasteiger partial charge on any atom is 0.471 e. The van der Waals surface area contributed by atoms with E-state index in [1.807, 2.05) is 30.3 Å². The van der Waals surface area contributed by atoms with Crippen molar-refractivity contribution in [1.82, 2.24) is 10.2 Å². The summed E-state index contributed by atoms with van der Waals surface area (Å²) in [4.78, 5) is 26.6. The number of carbonyl (C=O) groups is 2. The van der Waals surface area contributed by atoms with E-state index in [4.69, 9.17) is 0 Å². The quantitative estimate of drug-likeness (QED) is 0.885. The van der Waals surface area contributed by atoms with Gasteiger partial charge in [0.1, 0.15) is 6.04 Å². The van der Waals surface area contributed by atoms with Crippen molar-refractivity contribution in [3.63, 3.8) is 0 Å². The van der Waals surface area contributed by atoms with E-state index in [9.17, 15) is 22.8 Å².